The summed E-state index contributed by atoms with van der Waals surface area (Å²) in [5.41, 5.74) is 0.970. The van der Waals surface area contributed by atoms with Crippen LogP contribution in [0.4, 0.5) is 5.82 Å². The minimum absolute atomic E-state index is 0.721. The third-order valence-electron chi connectivity index (χ3n) is 2.11. The smallest absolute Gasteiger partial charge is 0.145 e. The first-order valence-electron chi connectivity index (χ1n) is 5.02. The molecule has 0 atom stereocenters. The Bertz CT molecular complexity index is 468. The highest BCUT2D eigenvalue weighted by molar-refractivity contribution is 5.41. The van der Waals surface area contributed by atoms with Crippen LogP contribution < -0.4 is 10.1 Å². The lowest BCUT2D eigenvalue weighted by Gasteiger charge is -2.06. The van der Waals surface area contributed by atoms with Crippen LogP contribution in [0.15, 0.2) is 36.7 Å². The van der Waals surface area contributed by atoms with Gasteiger partial charge >= 0.3 is 0 Å². The van der Waals surface area contributed by atoms with Crippen LogP contribution >= 0.6 is 0 Å². The molecule has 2 aromatic heterocycles. The summed E-state index contributed by atoms with van der Waals surface area (Å²) in [6.07, 6.45) is 3.40. The van der Waals surface area contributed by atoms with Gasteiger partial charge in [-0.3, -0.25) is 4.98 Å². The van der Waals surface area contributed by atoms with Crippen LogP contribution in [0.5, 0.6) is 11.5 Å². The number of aromatic nitrogens is 2. The predicted octanol–water partition coefficient (Wildman–Crippen LogP) is 2.62. The van der Waals surface area contributed by atoms with Gasteiger partial charge in [-0.25, -0.2) is 4.98 Å². The van der Waals surface area contributed by atoms with Crippen LogP contribution in [0, 0.1) is 6.92 Å². The Balaban J connectivity index is 2.16. The Morgan fingerprint density at radius 1 is 1.12 bits per heavy atom. The first-order chi connectivity index (χ1) is 7.78. The second-order valence-electron chi connectivity index (χ2n) is 3.36. The molecule has 0 saturated heterocycles. The minimum Gasteiger partial charge on any atom is -0.456 e. The van der Waals surface area contributed by atoms with Crippen LogP contribution in [-0.2, 0) is 0 Å². The summed E-state index contributed by atoms with van der Waals surface area (Å²) in [7, 11) is 1.82. The van der Waals surface area contributed by atoms with Crippen molar-refractivity contribution in [3.05, 3.63) is 42.4 Å². The van der Waals surface area contributed by atoms with Gasteiger partial charge in [0, 0.05) is 25.0 Å². The number of rotatable bonds is 3. The van der Waals surface area contributed by atoms with Gasteiger partial charge in [0.1, 0.15) is 17.3 Å². The van der Waals surface area contributed by atoms with E-state index in [2.05, 4.69) is 15.3 Å². The molecule has 0 unspecified atom stereocenters. The van der Waals surface area contributed by atoms with Crippen molar-refractivity contribution < 1.29 is 4.74 Å². The molecule has 1 N–H and O–H groups in total. The van der Waals surface area contributed by atoms with Gasteiger partial charge < -0.3 is 10.1 Å². The maximum Gasteiger partial charge on any atom is 0.145 e. The normalized spacial score (nSPS) is 9.88. The van der Waals surface area contributed by atoms with Crippen molar-refractivity contribution >= 4 is 5.82 Å². The van der Waals surface area contributed by atoms with Crippen LogP contribution in [0.1, 0.15) is 5.69 Å². The van der Waals surface area contributed by atoms with Gasteiger partial charge in [-0.05, 0) is 25.1 Å². The fourth-order valence-corrected chi connectivity index (χ4v) is 1.26. The average molecular weight is 215 g/mol. The number of aryl methyl sites for hydroxylation is 1. The molecule has 0 bridgehead atoms. The molecule has 0 radical (unpaired) electrons. The van der Waals surface area contributed by atoms with Crippen LogP contribution in [0.25, 0.3) is 0 Å². The quantitative estimate of drug-likeness (QED) is 0.855. The molecule has 0 aromatic carbocycles. The molecule has 0 amide bonds. The van der Waals surface area contributed by atoms with E-state index in [0.29, 0.717) is 0 Å². The molecule has 0 aliphatic carbocycles. The van der Waals surface area contributed by atoms with E-state index in [1.165, 1.54) is 0 Å². The number of nitrogens with one attached hydrogen (secondary N) is 1. The lowest BCUT2D eigenvalue weighted by atomic mass is 10.3. The largest absolute Gasteiger partial charge is 0.456 e. The maximum atomic E-state index is 5.63. The van der Waals surface area contributed by atoms with Gasteiger partial charge in [-0.2, -0.15) is 0 Å². The first-order valence-corrected chi connectivity index (χ1v) is 5.02. The second-order valence-corrected chi connectivity index (χ2v) is 3.36. The SMILES string of the molecule is CNc1cc(Oc2ccc(C)nc2)ccn1. The lowest BCUT2D eigenvalue weighted by Crippen LogP contribution is -1.92. The van der Waals surface area contributed by atoms with E-state index < -0.39 is 0 Å². The second kappa shape index (κ2) is 4.61. The molecule has 0 saturated carbocycles. The van der Waals surface area contributed by atoms with Crippen molar-refractivity contribution in [2.75, 3.05) is 12.4 Å². The highest BCUT2D eigenvalue weighted by Crippen LogP contribution is 2.21. The first kappa shape index (κ1) is 10.4. The molecule has 2 heterocycles. The van der Waals surface area contributed by atoms with E-state index in [-0.39, 0.29) is 0 Å². The summed E-state index contributed by atoms with van der Waals surface area (Å²) >= 11 is 0. The zero-order valence-electron chi connectivity index (χ0n) is 9.27. The standard InChI is InChI=1S/C12H13N3O/c1-9-3-4-11(8-15-9)16-10-5-6-14-12(7-10)13-2/h3-8H,1-2H3,(H,13,14). The number of pyridine rings is 2. The summed E-state index contributed by atoms with van der Waals surface area (Å²) in [6.45, 7) is 1.94. The highest BCUT2D eigenvalue weighted by atomic mass is 16.5. The van der Waals surface area contributed by atoms with Gasteiger partial charge in [0.2, 0.25) is 0 Å². The lowest BCUT2D eigenvalue weighted by molar-refractivity contribution is 0.479. The van der Waals surface area contributed by atoms with Crippen molar-refractivity contribution in [1.29, 1.82) is 0 Å². The van der Waals surface area contributed by atoms with Crippen LogP contribution in [0.2, 0.25) is 0 Å². The van der Waals surface area contributed by atoms with Gasteiger partial charge in [-0.1, -0.05) is 0 Å². The van der Waals surface area contributed by atoms with Crippen molar-refractivity contribution in [1.82, 2.24) is 9.97 Å². The number of hydrogen-bond donors (Lipinski definition) is 1. The van der Waals surface area contributed by atoms with Crippen molar-refractivity contribution in [3.8, 4) is 11.5 Å². The zero-order chi connectivity index (χ0) is 11.4. The summed E-state index contributed by atoms with van der Waals surface area (Å²) < 4.78 is 5.63. The monoisotopic (exact) mass is 215 g/mol. The topological polar surface area (TPSA) is 47.0 Å². The fourth-order valence-electron chi connectivity index (χ4n) is 1.26. The maximum absolute atomic E-state index is 5.63. The van der Waals surface area contributed by atoms with Gasteiger partial charge in [0.05, 0.1) is 6.20 Å². The van der Waals surface area contributed by atoms with Crippen molar-refractivity contribution in [2.45, 2.75) is 6.92 Å². The molecule has 2 rings (SSSR count). The number of hydrogen-bond acceptors (Lipinski definition) is 4. The number of nitrogens with zero attached hydrogens (tertiary/aromatic N) is 2. The van der Waals surface area contributed by atoms with E-state index in [1.54, 1.807) is 18.5 Å². The molecular formula is C12H13N3O. The fraction of sp³-hybridized carbons (Fsp3) is 0.167. The zero-order valence-corrected chi connectivity index (χ0v) is 9.27. The van der Waals surface area contributed by atoms with Gasteiger partial charge in [0.25, 0.3) is 0 Å². The number of ether oxygens (including phenoxy) is 1. The Morgan fingerprint density at radius 2 is 2.00 bits per heavy atom. The highest BCUT2D eigenvalue weighted by Gasteiger charge is 1.99. The summed E-state index contributed by atoms with van der Waals surface area (Å²) in [6, 6.07) is 7.44. The predicted molar refractivity (Wildman–Crippen MR) is 62.8 cm³/mol. The molecule has 16 heavy (non-hydrogen) atoms. The Morgan fingerprint density at radius 3 is 2.69 bits per heavy atom. The molecule has 4 nitrogen and oxygen atoms in total. The minimum atomic E-state index is 0.721. The van der Waals surface area contributed by atoms with Gasteiger partial charge in [-0.15, -0.1) is 0 Å². The van der Waals surface area contributed by atoms with E-state index in [0.717, 1.165) is 23.0 Å². The summed E-state index contributed by atoms with van der Waals surface area (Å²) in [5.74, 6) is 2.24. The molecule has 2 aromatic rings. The van der Waals surface area contributed by atoms with Crippen LogP contribution in [0.3, 0.4) is 0 Å². The third-order valence-corrected chi connectivity index (χ3v) is 2.11. The van der Waals surface area contributed by atoms with Gasteiger partial charge in [0.15, 0.2) is 0 Å². The molecule has 0 aliphatic heterocycles. The number of anilines is 1. The molecule has 0 aliphatic rings. The molecule has 4 heteroatoms. The Kier molecular flexibility index (Phi) is 3.00. The van der Waals surface area contributed by atoms with Crippen LogP contribution in [-0.4, -0.2) is 17.0 Å². The Hall–Kier alpha value is -2.10. The average Bonchev–Trinajstić information content (AvgIpc) is 2.32. The summed E-state index contributed by atoms with van der Waals surface area (Å²) in [5, 5.41) is 2.96. The van der Waals surface area contributed by atoms with E-state index in [1.807, 2.05) is 32.2 Å². The molecule has 82 valence electrons. The molecule has 0 spiro atoms. The molecule has 0 fully saturated rings. The third kappa shape index (κ3) is 2.48. The van der Waals surface area contributed by atoms with E-state index >= 15 is 0 Å². The Labute approximate surface area is 94.3 Å². The molecular weight excluding hydrogens is 202 g/mol. The van der Waals surface area contributed by atoms with Crippen molar-refractivity contribution in [2.24, 2.45) is 0 Å². The van der Waals surface area contributed by atoms with E-state index in [4.69, 9.17) is 4.74 Å². The van der Waals surface area contributed by atoms with Crippen molar-refractivity contribution in [3.63, 3.8) is 0 Å². The summed E-state index contributed by atoms with van der Waals surface area (Å²) in [4.78, 5) is 8.27. The van der Waals surface area contributed by atoms with E-state index in [9.17, 15) is 0 Å².